The van der Waals surface area contributed by atoms with Gasteiger partial charge in [-0.05, 0) is 49.3 Å². The number of nitrogens with one attached hydrogen (secondary N) is 1. The Hall–Kier alpha value is -1.84. The van der Waals surface area contributed by atoms with Gasteiger partial charge in [-0.1, -0.05) is 45.2 Å². The van der Waals surface area contributed by atoms with Crippen LogP contribution in [-0.4, -0.2) is 29.8 Å². The molecular weight excluding hydrogens is 324 g/mol. The number of nitrogens with zero attached hydrogens (tertiary/aromatic N) is 1. The van der Waals surface area contributed by atoms with Gasteiger partial charge >= 0.3 is 0 Å². The van der Waals surface area contributed by atoms with Crippen molar-refractivity contribution in [1.82, 2.24) is 4.90 Å². The smallest absolute Gasteiger partial charge is 0.227 e. The maximum atomic E-state index is 12.6. The number of rotatable bonds is 4. The van der Waals surface area contributed by atoms with Crippen molar-refractivity contribution in [3.63, 3.8) is 0 Å². The van der Waals surface area contributed by atoms with E-state index in [1.54, 1.807) is 0 Å². The average Bonchev–Trinajstić information content (AvgIpc) is 2.68. The molecule has 2 aliphatic rings. The van der Waals surface area contributed by atoms with Gasteiger partial charge in [-0.2, -0.15) is 0 Å². The number of likely N-dealkylation sites (tertiary alicyclic amines) is 1. The van der Waals surface area contributed by atoms with Gasteiger partial charge in [0, 0.05) is 30.6 Å². The third kappa shape index (κ3) is 4.66. The quantitative estimate of drug-likeness (QED) is 0.859. The van der Waals surface area contributed by atoms with Crippen LogP contribution in [-0.2, 0) is 9.59 Å². The summed E-state index contributed by atoms with van der Waals surface area (Å²) in [7, 11) is 0. The van der Waals surface area contributed by atoms with E-state index in [1.165, 1.54) is 24.8 Å². The van der Waals surface area contributed by atoms with Crippen molar-refractivity contribution in [1.29, 1.82) is 0 Å². The zero-order chi connectivity index (χ0) is 18.5. The van der Waals surface area contributed by atoms with Crippen molar-refractivity contribution in [2.75, 3.05) is 18.4 Å². The first-order chi connectivity index (χ1) is 12.5. The van der Waals surface area contributed by atoms with E-state index in [-0.39, 0.29) is 17.7 Å². The van der Waals surface area contributed by atoms with Crippen LogP contribution in [0.15, 0.2) is 24.3 Å². The van der Waals surface area contributed by atoms with Gasteiger partial charge in [-0.25, -0.2) is 0 Å². The van der Waals surface area contributed by atoms with E-state index in [4.69, 9.17) is 0 Å². The molecule has 0 spiro atoms. The van der Waals surface area contributed by atoms with Crippen LogP contribution in [0.2, 0.25) is 0 Å². The molecule has 1 N–H and O–H groups in total. The van der Waals surface area contributed by atoms with Crippen molar-refractivity contribution < 1.29 is 9.59 Å². The Morgan fingerprint density at radius 2 is 1.54 bits per heavy atom. The van der Waals surface area contributed by atoms with Gasteiger partial charge in [-0.15, -0.1) is 0 Å². The second-order valence-electron chi connectivity index (χ2n) is 8.20. The monoisotopic (exact) mass is 356 g/mol. The van der Waals surface area contributed by atoms with E-state index in [1.807, 2.05) is 17.0 Å². The summed E-state index contributed by atoms with van der Waals surface area (Å²) in [6.07, 6.45) is 7.28. The van der Waals surface area contributed by atoms with Gasteiger partial charge in [0.1, 0.15) is 0 Å². The molecule has 1 aliphatic carbocycles. The van der Waals surface area contributed by atoms with Gasteiger partial charge in [-0.3, -0.25) is 9.59 Å². The lowest BCUT2D eigenvalue weighted by Gasteiger charge is -2.34. The number of anilines is 1. The number of piperidine rings is 1. The highest BCUT2D eigenvalue weighted by Gasteiger charge is 2.31. The number of hydrogen-bond donors (Lipinski definition) is 1. The van der Waals surface area contributed by atoms with Crippen molar-refractivity contribution in [3.8, 4) is 0 Å². The lowest BCUT2D eigenvalue weighted by molar-refractivity contribution is -0.139. The predicted molar refractivity (Wildman–Crippen MR) is 105 cm³/mol. The zero-order valence-electron chi connectivity index (χ0n) is 16.2. The minimum absolute atomic E-state index is 0.00943. The molecule has 0 unspecified atom stereocenters. The molecule has 2 amide bonds. The Kier molecular flexibility index (Phi) is 6.33. The SMILES string of the molecule is CC(C)c1ccc(NC(=O)C2CCN(C(=O)C3CCCCC3)CC2)cc1. The molecule has 0 atom stereocenters. The molecule has 0 radical (unpaired) electrons. The van der Waals surface area contributed by atoms with Gasteiger partial charge < -0.3 is 10.2 Å². The Labute approximate surface area is 157 Å². The molecule has 1 aromatic rings. The van der Waals surface area contributed by atoms with Crippen LogP contribution in [0.4, 0.5) is 5.69 Å². The molecule has 1 saturated heterocycles. The van der Waals surface area contributed by atoms with Crippen LogP contribution in [0.25, 0.3) is 0 Å². The molecule has 1 aliphatic heterocycles. The van der Waals surface area contributed by atoms with Crippen LogP contribution in [0.1, 0.15) is 70.3 Å². The Morgan fingerprint density at radius 1 is 0.923 bits per heavy atom. The van der Waals surface area contributed by atoms with Crippen molar-refractivity contribution in [3.05, 3.63) is 29.8 Å². The van der Waals surface area contributed by atoms with Gasteiger partial charge in [0.05, 0.1) is 0 Å². The van der Waals surface area contributed by atoms with E-state index in [0.717, 1.165) is 44.5 Å². The molecule has 1 aromatic carbocycles. The number of carbonyl (C=O) groups is 2. The summed E-state index contributed by atoms with van der Waals surface area (Å²) < 4.78 is 0. The number of carbonyl (C=O) groups excluding carboxylic acids is 2. The lowest BCUT2D eigenvalue weighted by Crippen LogP contribution is -2.44. The zero-order valence-corrected chi connectivity index (χ0v) is 16.2. The predicted octanol–water partition coefficient (Wildman–Crippen LogP) is 4.57. The summed E-state index contributed by atoms with van der Waals surface area (Å²) in [5, 5.41) is 3.04. The molecule has 4 nitrogen and oxygen atoms in total. The molecule has 3 rings (SSSR count). The van der Waals surface area contributed by atoms with Crippen LogP contribution < -0.4 is 5.32 Å². The molecule has 0 bridgehead atoms. The van der Waals surface area contributed by atoms with E-state index < -0.39 is 0 Å². The standard InChI is InChI=1S/C22H32N2O2/c1-16(2)17-8-10-20(11-9-17)23-21(25)18-12-14-24(15-13-18)22(26)19-6-4-3-5-7-19/h8-11,16,18-19H,3-7,12-15H2,1-2H3,(H,23,25). The summed E-state index contributed by atoms with van der Waals surface area (Å²) >= 11 is 0. The van der Waals surface area contributed by atoms with Gasteiger partial charge in [0.2, 0.25) is 11.8 Å². The summed E-state index contributed by atoms with van der Waals surface area (Å²) in [5.74, 6) is 1.15. The molecule has 26 heavy (non-hydrogen) atoms. The highest BCUT2D eigenvalue weighted by molar-refractivity contribution is 5.92. The van der Waals surface area contributed by atoms with E-state index >= 15 is 0 Å². The van der Waals surface area contributed by atoms with Crippen molar-refractivity contribution in [2.45, 2.75) is 64.7 Å². The van der Waals surface area contributed by atoms with Crippen LogP contribution in [0, 0.1) is 11.8 Å². The van der Waals surface area contributed by atoms with Gasteiger partial charge in [0.15, 0.2) is 0 Å². The second kappa shape index (κ2) is 8.70. The molecule has 4 heteroatoms. The summed E-state index contributed by atoms with van der Waals surface area (Å²) in [6, 6.07) is 8.11. The minimum Gasteiger partial charge on any atom is -0.342 e. The largest absolute Gasteiger partial charge is 0.342 e. The Morgan fingerprint density at radius 3 is 2.12 bits per heavy atom. The van der Waals surface area contributed by atoms with Crippen LogP contribution in [0.3, 0.4) is 0 Å². The van der Waals surface area contributed by atoms with Crippen LogP contribution in [0.5, 0.6) is 0 Å². The fourth-order valence-corrected chi connectivity index (χ4v) is 4.17. The average molecular weight is 357 g/mol. The number of benzene rings is 1. The highest BCUT2D eigenvalue weighted by atomic mass is 16.2. The highest BCUT2D eigenvalue weighted by Crippen LogP contribution is 2.28. The maximum Gasteiger partial charge on any atom is 0.227 e. The number of amides is 2. The Balaban J connectivity index is 1.48. The Bertz CT molecular complexity index is 610. The molecule has 2 fully saturated rings. The first-order valence-electron chi connectivity index (χ1n) is 10.2. The van der Waals surface area contributed by atoms with E-state index in [9.17, 15) is 9.59 Å². The normalized spacial score (nSPS) is 19.6. The fraction of sp³-hybridized carbons (Fsp3) is 0.636. The molecular formula is C22H32N2O2. The maximum absolute atomic E-state index is 12.6. The summed E-state index contributed by atoms with van der Waals surface area (Å²) in [5.41, 5.74) is 2.14. The van der Waals surface area contributed by atoms with Gasteiger partial charge in [0.25, 0.3) is 0 Å². The third-order valence-electron chi connectivity index (χ3n) is 5.98. The third-order valence-corrected chi connectivity index (χ3v) is 5.98. The minimum atomic E-state index is 0.00943. The molecule has 0 aromatic heterocycles. The number of hydrogen-bond acceptors (Lipinski definition) is 2. The van der Waals surface area contributed by atoms with Crippen molar-refractivity contribution in [2.24, 2.45) is 11.8 Å². The first kappa shape index (κ1) is 18.9. The topological polar surface area (TPSA) is 49.4 Å². The lowest BCUT2D eigenvalue weighted by atomic mass is 9.87. The summed E-state index contributed by atoms with van der Waals surface area (Å²) in [6.45, 7) is 5.77. The van der Waals surface area contributed by atoms with Crippen molar-refractivity contribution >= 4 is 17.5 Å². The van der Waals surface area contributed by atoms with Crippen LogP contribution >= 0.6 is 0 Å². The van der Waals surface area contributed by atoms with E-state index in [0.29, 0.717) is 11.8 Å². The van der Waals surface area contributed by atoms with E-state index in [2.05, 4.69) is 31.3 Å². The second-order valence-corrected chi connectivity index (χ2v) is 8.20. The molecule has 142 valence electrons. The summed E-state index contributed by atoms with van der Waals surface area (Å²) in [4.78, 5) is 27.2. The fourth-order valence-electron chi connectivity index (χ4n) is 4.17. The molecule has 1 heterocycles. The molecule has 1 saturated carbocycles. The first-order valence-corrected chi connectivity index (χ1v) is 10.2.